The smallest absolute Gasteiger partial charge is 0.0660 e. The highest BCUT2D eigenvalue weighted by Gasteiger charge is 2.19. The van der Waals surface area contributed by atoms with Crippen LogP contribution >= 0.6 is 0 Å². The molecule has 1 aliphatic carbocycles. The molecule has 3 aromatic rings. The van der Waals surface area contributed by atoms with Crippen LogP contribution in [-0.2, 0) is 12.8 Å². The third-order valence-electron chi connectivity index (χ3n) is 5.60. The van der Waals surface area contributed by atoms with Gasteiger partial charge >= 0.3 is 0 Å². The second-order valence-corrected chi connectivity index (χ2v) is 8.03. The Morgan fingerprint density at radius 1 is 1.00 bits per heavy atom. The molecule has 1 N–H and O–H groups in total. The summed E-state index contributed by atoms with van der Waals surface area (Å²) >= 11 is 0. The molecule has 3 nitrogen and oxygen atoms in total. The second kappa shape index (κ2) is 7.59. The van der Waals surface area contributed by atoms with Gasteiger partial charge in [-0.15, -0.1) is 0 Å². The number of para-hydroxylation sites is 1. The van der Waals surface area contributed by atoms with Crippen molar-refractivity contribution in [3.8, 4) is 5.69 Å². The lowest BCUT2D eigenvalue weighted by atomic mass is 9.92. The predicted molar refractivity (Wildman–Crippen MR) is 113 cm³/mol. The highest BCUT2D eigenvalue weighted by molar-refractivity contribution is 5.48. The van der Waals surface area contributed by atoms with Gasteiger partial charge in [0.25, 0.3) is 0 Å². The van der Waals surface area contributed by atoms with Crippen molar-refractivity contribution in [2.45, 2.75) is 52.5 Å². The van der Waals surface area contributed by atoms with E-state index in [2.05, 4.69) is 85.5 Å². The second-order valence-electron chi connectivity index (χ2n) is 8.03. The van der Waals surface area contributed by atoms with Crippen LogP contribution in [0.4, 0.5) is 5.69 Å². The summed E-state index contributed by atoms with van der Waals surface area (Å²) in [5.74, 6) is 0.492. The van der Waals surface area contributed by atoms with Crippen molar-refractivity contribution >= 4 is 5.69 Å². The van der Waals surface area contributed by atoms with Gasteiger partial charge in [-0.3, -0.25) is 0 Å². The fourth-order valence-electron chi connectivity index (χ4n) is 4.07. The van der Waals surface area contributed by atoms with Crippen LogP contribution in [0.2, 0.25) is 0 Å². The van der Waals surface area contributed by atoms with Crippen molar-refractivity contribution < 1.29 is 0 Å². The summed E-state index contributed by atoms with van der Waals surface area (Å²) in [5, 5.41) is 8.55. The van der Waals surface area contributed by atoms with E-state index < -0.39 is 0 Å². The van der Waals surface area contributed by atoms with Gasteiger partial charge < -0.3 is 5.32 Å². The van der Waals surface area contributed by atoms with E-state index >= 15 is 0 Å². The number of anilines is 1. The molecule has 1 aliphatic rings. The molecule has 0 bridgehead atoms. The van der Waals surface area contributed by atoms with E-state index in [0.717, 1.165) is 12.1 Å². The molecule has 0 fully saturated rings. The minimum absolute atomic E-state index is 0.285. The molecular weight excluding hydrogens is 330 g/mol. The molecule has 1 aromatic heterocycles. The van der Waals surface area contributed by atoms with Crippen molar-refractivity contribution in [2.75, 3.05) is 5.32 Å². The molecule has 140 valence electrons. The highest BCUT2D eigenvalue weighted by Crippen LogP contribution is 2.30. The van der Waals surface area contributed by atoms with Crippen molar-refractivity contribution in [3.05, 3.63) is 77.1 Å². The standard InChI is InChI=1S/C24H29N3/c1-17(2)24(25-20-10-5-4-6-11-20)22-14-13-21(15-18(22)3)27-16-19-9-7-8-12-23(19)26-27/h4-6,10-11,13-17,24-25H,7-9,12H2,1-3H3. The summed E-state index contributed by atoms with van der Waals surface area (Å²) in [7, 11) is 0. The van der Waals surface area contributed by atoms with E-state index in [1.54, 1.807) is 0 Å². The first-order chi connectivity index (χ1) is 13.1. The van der Waals surface area contributed by atoms with E-state index in [9.17, 15) is 0 Å². The first-order valence-corrected chi connectivity index (χ1v) is 10.1. The van der Waals surface area contributed by atoms with E-state index in [1.807, 2.05) is 0 Å². The number of aryl methyl sites for hydroxylation is 3. The van der Waals surface area contributed by atoms with E-state index in [-0.39, 0.29) is 6.04 Å². The van der Waals surface area contributed by atoms with E-state index in [1.165, 1.54) is 47.3 Å². The Balaban J connectivity index is 1.62. The number of nitrogens with zero attached hydrogens (tertiary/aromatic N) is 2. The molecule has 0 spiro atoms. The Morgan fingerprint density at radius 3 is 2.48 bits per heavy atom. The van der Waals surface area contributed by atoms with Crippen molar-refractivity contribution in [1.29, 1.82) is 0 Å². The largest absolute Gasteiger partial charge is 0.378 e. The molecule has 27 heavy (non-hydrogen) atoms. The maximum atomic E-state index is 4.84. The zero-order valence-electron chi connectivity index (χ0n) is 16.6. The molecule has 0 radical (unpaired) electrons. The highest BCUT2D eigenvalue weighted by atomic mass is 15.3. The van der Waals surface area contributed by atoms with Gasteiger partial charge in [-0.2, -0.15) is 5.10 Å². The maximum absolute atomic E-state index is 4.84. The summed E-state index contributed by atoms with van der Waals surface area (Å²) in [5.41, 5.74) is 7.70. The third-order valence-corrected chi connectivity index (χ3v) is 5.60. The van der Waals surface area contributed by atoms with Gasteiger partial charge in [-0.05, 0) is 79.5 Å². The van der Waals surface area contributed by atoms with Crippen LogP contribution < -0.4 is 5.32 Å². The first-order valence-electron chi connectivity index (χ1n) is 10.1. The lowest BCUT2D eigenvalue weighted by Gasteiger charge is -2.26. The number of nitrogens with one attached hydrogen (secondary N) is 1. The monoisotopic (exact) mass is 359 g/mol. The molecule has 0 aliphatic heterocycles. The topological polar surface area (TPSA) is 29.9 Å². The summed E-state index contributed by atoms with van der Waals surface area (Å²) in [6.45, 7) is 6.76. The normalized spacial score (nSPS) is 14.8. The minimum atomic E-state index is 0.285. The zero-order valence-corrected chi connectivity index (χ0v) is 16.6. The fraction of sp³-hybridized carbons (Fsp3) is 0.375. The van der Waals surface area contributed by atoms with Crippen molar-refractivity contribution in [3.63, 3.8) is 0 Å². The van der Waals surface area contributed by atoms with Gasteiger partial charge in [0.15, 0.2) is 0 Å². The van der Waals surface area contributed by atoms with Gasteiger partial charge in [-0.25, -0.2) is 4.68 Å². The van der Waals surface area contributed by atoms with Crippen LogP contribution in [0.3, 0.4) is 0 Å². The van der Waals surface area contributed by atoms with E-state index in [4.69, 9.17) is 5.10 Å². The number of hydrogen-bond donors (Lipinski definition) is 1. The summed E-state index contributed by atoms with van der Waals surface area (Å²) in [6, 6.07) is 17.5. The van der Waals surface area contributed by atoms with Gasteiger partial charge in [0.2, 0.25) is 0 Å². The molecule has 2 aromatic carbocycles. The number of hydrogen-bond acceptors (Lipinski definition) is 2. The Bertz CT molecular complexity index is 885. The molecule has 1 heterocycles. The van der Waals surface area contributed by atoms with Gasteiger partial charge in [0, 0.05) is 11.9 Å². The number of fused-ring (bicyclic) bond motifs is 1. The molecule has 0 amide bonds. The summed E-state index contributed by atoms with van der Waals surface area (Å²) in [6.07, 6.45) is 7.07. The van der Waals surface area contributed by atoms with Crippen LogP contribution in [0.1, 0.15) is 55.1 Å². The predicted octanol–water partition coefficient (Wildman–Crippen LogP) is 5.87. The van der Waals surface area contributed by atoms with Gasteiger partial charge in [-0.1, -0.05) is 38.1 Å². The Hall–Kier alpha value is -2.55. The van der Waals surface area contributed by atoms with Crippen LogP contribution in [0.5, 0.6) is 0 Å². The summed E-state index contributed by atoms with van der Waals surface area (Å²) < 4.78 is 2.07. The molecule has 1 unspecified atom stereocenters. The van der Waals surface area contributed by atoms with Crippen LogP contribution in [0.15, 0.2) is 54.7 Å². The Morgan fingerprint density at radius 2 is 1.78 bits per heavy atom. The number of aromatic nitrogens is 2. The summed E-state index contributed by atoms with van der Waals surface area (Å²) in [4.78, 5) is 0. The molecule has 3 heteroatoms. The minimum Gasteiger partial charge on any atom is -0.378 e. The molecule has 4 rings (SSSR count). The quantitative estimate of drug-likeness (QED) is 0.617. The first kappa shape index (κ1) is 17.8. The average Bonchev–Trinajstić information content (AvgIpc) is 3.11. The van der Waals surface area contributed by atoms with Gasteiger partial charge in [0.1, 0.15) is 0 Å². The van der Waals surface area contributed by atoms with E-state index in [0.29, 0.717) is 5.92 Å². The fourth-order valence-corrected chi connectivity index (χ4v) is 4.07. The van der Waals surface area contributed by atoms with Crippen LogP contribution in [0.25, 0.3) is 5.69 Å². The Kier molecular flexibility index (Phi) is 5.02. The Labute approximate surface area is 162 Å². The SMILES string of the molecule is Cc1cc(-n2cc3c(n2)CCCC3)ccc1C(Nc1ccccc1)C(C)C. The van der Waals surface area contributed by atoms with Crippen molar-refractivity contribution in [2.24, 2.45) is 5.92 Å². The van der Waals surface area contributed by atoms with Crippen molar-refractivity contribution in [1.82, 2.24) is 9.78 Å². The molecule has 0 saturated heterocycles. The maximum Gasteiger partial charge on any atom is 0.0660 e. The number of benzene rings is 2. The molecule has 0 saturated carbocycles. The lowest BCUT2D eigenvalue weighted by Crippen LogP contribution is -2.18. The average molecular weight is 360 g/mol. The third kappa shape index (κ3) is 3.78. The molecule has 1 atom stereocenters. The van der Waals surface area contributed by atoms with Crippen LogP contribution in [-0.4, -0.2) is 9.78 Å². The van der Waals surface area contributed by atoms with Gasteiger partial charge in [0.05, 0.1) is 17.4 Å². The zero-order chi connectivity index (χ0) is 18.8. The van der Waals surface area contributed by atoms with Crippen LogP contribution in [0, 0.1) is 12.8 Å². The molecular formula is C24H29N3. The number of rotatable bonds is 5. The lowest BCUT2D eigenvalue weighted by molar-refractivity contribution is 0.544.